The molecule has 9 heteroatoms. The summed E-state index contributed by atoms with van der Waals surface area (Å²) in [6.07, 6.45) is 2.91. The van der Waals surface area contributed by atoms with Gasteiger partial charge in [0.05, 0.1) is 18.5 Å². The summed E-state index contributed by atoms with van der Waals surface area (Å²) in [5.41, 5.74) is 2.31. The lowest BCUT2D eigenvalue weighted by Crippen LogP contribution is -2.33. The number of hydrogen-bond donors (Lipinski definition) is 2. The number of aromatic nitrogens is 2. The first-order valence-electron chi connectivity index (χ1n) is 9.78. The third kappa shape index (κ3) is 5.73. The van der Waals surface area contributed by atoms with E-state index in [2.05, 4.69) is 15.7 Å². The van der Waals surface area contributed by atoms with Gasteiger partial charge in [-0.1, -0.05) is 11.6 Å². The van der Waals surface area contributed by atoms with Gasteiger partial charge >= 0.3 is 0 Å². The summed E-state index contributed by atoms with van der Waals surface area (Å²) in [6.45, 7) is 2.29. The highest BCUT2D eigenvalue weighted by molar-refractivity contribution is 6.31. The molecule has 0 bridgehead atoms. The lowest BCUT2D eigenvalue weighted by Gasteiger charge is -2.06. The minimum absolute atomic E-state index is 0.243. The molecule has 2 aromatic carbocycles. The van der Waals surface area contributed by atoms with E-state index in [1.807, 2.05) is 0 Å². The topological polar surface area (TPSA) is 85.2 Å². The first-order chi connectivity index (χ1) is 15.4. The maximum atomic E-state index is 13.1. The second-order valence-electron chi connectivity index (χ2n) is 6.79. The van der Waals surface area contributed by atoms with Crippen LogP contribution < -0.4 is 15.4 Å². The molecule has 0 aliphatic heterocycles. The summed E-state index contributed by atoms with van der Waals surface area (Å²) in [4.78, 5) is 24.2. The highest BCUT2D eigenvalue weighted by Crippen LogP contribution is 2.24. The molecule has 0 spiro atoms. The van der Waals surface area contributed by atoms with Gasteiger partial charge in [0, 0.05) is 30.3 Å². The molecule has 3 aromatic rings. The van der Waals surface area contributed by atoms with Crippen molar-refractivity contribution in [3.05, 3.63) is 82.4 Å². The predicted molar refractivity (Wildman–Crippen MR) is 121 cm³/mol. The van der Waals surface area contributed by atoms with Gasteiger partial charge in [-0.3, -0.25) is 9.59 Å². The van der Waals surface area contributed by atoms with E-state index in [0.29, 0.717) is 33.4 Å². The van der Waals surface area contributed by atoms with Crippen molar-refractivity contribution in [1.82, 2.24) is 20.4 Å². The van der Waals surface area contributed by atoms with Crippen molar-refractivity contribution in [2.24, 2.45) is 0 Å². The zero-order valence-corrected chi connectivity index (χ0v) is 18.3. The van der Waals surface area contributed by atoms with Gasteiger partial charge in [-0.2, -0.15) is 5.10 Å². The number of halogens is 2. The maximum Gasteiger partial charge on any atom is 0.251 e. The van der Waals surface area contributed by atoms with Gasteiger partial charge in [0.25, 0.3) is 5.91 Å². The fourth-order valence-corrected chi connectivity index (χ4v) is 3.21. The van der Waals surface area contributed by atoms with E-state index in [1.165, 1.54) is 22.9 Å². The molecule has 0 unspecified atom stereocenters. The molecule has 1 heterocycles. The van der Waals surface area contributed by atoms with Crippen molar-refractivity contribution in [2.45, 2.75) is 6.92 Å². The number of carbonyl (C=O) groups excluding carboxylic acids is 2. The summed E-state index contributed by atoms with van der Waals surface area (Å²) in [5.74, 6) is -0.272. The van der Waals surface area contributed by atoms with Crippen LogP contribution in [0.5, 0.6) is 5.75 Å². The normalized spacial score (nSPS) is 10.9. The van der Waals surface area contributed by atoms with Crippen LogP contribution in [0.4, 0.5) is 4.39 Å². The first kappa shape index (κ1) is 23.0. The van der Waals surface area contributed by atoms with Crippen molar-refractivity contribution in [3.63, 3.8) is 0 Å². The first-order valence-corrected chi connectivity index (χ1v) is 10.2. The molecular formula is C23H22ClFN4O3. The molecule has 0 fully saturated rings. The number of ether oxygens (including phenoxy) is 1. The monoisotopic (exact) mass is 456 g/mol. The van der Waals surface area contributed by atoms with E-state index in [-0.39, 0.29) is 30.7 Å². The number of carbonyl (C=O) groups is 2. The Morgan fingerprint density at radius 2 is 1.75 bits per heavy atom. The zero-order valence-electron chi connectivity index (χ0n) is 17.6. The number of methoxy groups -OCH3 is 1. The van der Waals surface area contributed by atoms with Gasteiger partial charge in [-0.25, -0.2) is 9.07 Å². The van der Waals surface area contributed by atoms with Crippen LogP contribution in [0.15, 0.2) is 54.6 Å². The van der Waals surface area contributed by atoms with Gasteiger partial charge in [0.1, 0.15) is 16.7 Å². The maximum absolute atomic E-state index is 13.1. The lowest BCUT2D eigenvalue weighted by atomic mass is 10.2. The Morgan fingerprint density at radius 1 is 1.09 bits per heavy atom. The number of hydrogen-bond acceptors (Lipinski definition) is 4. The molecule has 0 aliphatic rings. The minimum atomic E-state index is -0.356. The third-order valence-electron chi connectivity index (χ3n) is 4.58. The average molecular weight is 457 g/mol. The molecule has 0 saturated heterocycles. The van der Waals surface area contributed by atoms with Gasteiger partial charge in [0.2, 0.25) is 5.91 Å². The standard InChI is InChI=1S/C23H22ClFN4O3/c1-15-20(22(24)29(28-15)18-7-5-17(25)6-8-18)11-12-21(30)26-13-14-27-23(31)16-3-9-19(32-2)10-4-16/h3-12H,13-14H2,1-2H3,(H,26,30)(H,27,31)/b12-11+. The largest absolute Gasteiger partial charge is 0.497 e. The van der Waals surface area contributed by atoms with Crippen molar-refractivity contribution in [1.29, 1.82) is 0 Å². The Balaban J connectivity index is 1.51. The minimum Gasteiger partial charge on any atom is -0.497 e. The molecule has 3 rings (SSSR count). The number of rotatable bonds is 8. The summed E-state index contributed by atoms with van der Waals surface area (Å²) in [5, 5.41) is 10.1. The van der Waals surface area contributed by atoms with E-state index in [9.17, 15) is 14.0 Å². The number of nitrogens with zero attached hydrogens (tertiary/aromatic N) is 2. The molecular weight excluding hydrogens is 435 g/mol. The molecule has 166 valence electrons. The Morgan fingerprint density at radius 3 is 2.41 bits per heavy atom. The number of aryl methyl sites for hydroxylation is 1. The fraction of sp³-hybridized carbons (Fsp3) is 0.174. The van der Waals surface area contributed by atoms with Crippen LogP contribution >= 0.6 is 11.6 Å². The van der Waals surface area contributed by atoms with Crippen LogP contribution in [-0.4, -0.2) is 41.8 Å². The molecule has 0 saturated carbocycles. The SMILES string of the molecule is COc1ccc(C(=O)NCCNC(=O)/C=C/c2c(C)nn(-c3ccc(F)cc3)c2Cl)cc1. The van der Waals surface area contributed by atoms with E-state index in [1.54, 1.807) is 56.5 Å². The number of nitrogens with one attached hydrogen (secondary N) is 2. The molecule has 2 N–H and O–H groups in total. The second-order valence-corrected chi connectivity index (χ2v) is 7.14. The summed E-state index contributed by atoms with van der Waals surface area (Å²) in [7, 11) is 1.55. The van der Waals surface area contributed by atoms with Gasteiger partial charge in [0.15, 0.2) is 0 Å². The number of amides is 2. The molecule has 2 amide bonds. The molecule has 32 heavy (non-hydrogen) atoms. The van der Waals surface area contributed by atoms with Crippen LogP contribution in [0.1, 0.15) is 21.6 Å². The third-order valence-corrected chi connectivity index (χ3v) is 4.95. The Hall–Kier alpha value is -3.65. The van der Waals surface area contributed by atoms with Crippen LogP contribution in [0, 0.1) is 12.7 Å². The average Bonchev–Trinajstić information content (AvgIpc) is 3.09. The van der Waals surface area contributed by atoms with Gasteiger partial charge < -0.3 is 15.4 Å². The number of benzene rings is 2. The van der Waals surface area contributed by atoms with Crippen LogP contribution in [-0.2, 0) is 4.79 Å². The molecule has 0 aliphatic carbocycles. The molecule has 7 nitrogen and oxygen atoms in total. The van der Waals surface area contributed by atoms with E-state index in [0.717, 1.165) is 0 Å². The highest BCUT2D eigenvalue weighted by atomic mass is 35.5. The van der Waals surface area contributed by atoms with Crippen LogP contribution in [0.3, 0.4) is 0 Å². The van der Waals surface area contributed by atoms with Gasteiger partial charge in [-0.15, -0.1) is 0 Å². The van der Waals surface area contributed by atoms with Crippen molar-refractivity contribution in [3.8, 4) is 11.4 Å². The van der Waals surface area contributed by atoms with E-state index in [4.69, 9.17) is 16.3 Å². The Bertz CT molecular complexity index is 1130. The Labute approximate surface area is 189 Å². The second kappa shape index (κ2) is 10.6. The molecule has 0 atom stereocenters. The van der Waals surface area contributed by atoms with Gasteiger partial charge in [-0.05, 0) is 61.5 Å². The fourth-order valence-electron chi connectivity index (χ4n) is 2.88. The summed E-state index contributed by atoms with van der Waals surface area (Å²) < 4.78 is 19.7. The van der Waals surface area contributed by atoms with Crippen molar-refractivity contribution >= 4 is 29.5 Å². The molecule has 0 radical (unpaired) electrons. The summed E-state index contributed by atoms with van der Waals surface area (Å²) in [6, 6.07) is 12.5. The lowest BCUT2D eigenvalue weighted by molar-refractivity contribution is -0.116. The zero-order chi connectivity index (χ0) is 23.1. The summed E-state index contributed by atoms with van der Waals surface area (Å²) >= 11 is 6.39. The van der Waals surface area contributed by atoms with Crippen LogP contribution in [0.25, 0.3) is 11.8 Å². The molecule has 1 aromatic heterocycles. The highest BCUT2D eigenvalue weighted by Gasteiger charge is 2.13. The Kier molecular flexibility index (Phi) is 7.62. The van der Waals surface area contributed by atoms with E-state index < -0.39 is 0 Å². The van der Waals surface area contributed by atoms with Crippen LogP contribution in [0.2, 0.25) is 5.15 Å². The quantitative estimate of drug-likeness (QED) is 0.401. The van der Waals surface area contributed by atoms with E-state index >= 15 is 0 Å². The smallest absolute Gasteiger partial charge is 0.251 e. The predicted octanol–water partition coefficient (Wildman–Crippen LogP) is 3.54. The van der Waals surface area contributed by atoms with Crippen molar-refractivity contribution in [2.75, 3.05) is 20.2 Å². The van der Waals surface area contributed by atoms with Crippen molar-refractivity contribution < 1.29 is 18.7 Å².